The van der Waals surface area contributed by atoms with Crippen molar-refractivity contribution in [3.05, 3.63) is 107 Å². The third-order valence-electron chi connectivity index (χ3n) is 4.77. The Labute approximate surface area is 199 Å². The molecule has 172 valence electrons. The Morgan fingerprint density at radius 3 is 2.68 bits per heavy atom. The number of aryl methyl sites for hydroxylation is 1. The van der Waals surface area contributed by atoms with E-state index in [1.165, 1.54) is 36.0 Å². The Kier molecular flexibility index (Phi) is 7.34. The van der Waals surface area contributed by atoms with Crippen LogP contribution in [0.5, 0.6) is 0 Å². The highest BCUT2D eigenvalue weighted by Gasteiger charge is 2.14. The normalized spacial score (nSPS) is 10.6. The van der Waals surface area contributed by atoms with Gasteiger partial charge in [-0.15, -0.1) is 0 Å². The van der Waals surface area contributed by atoms with Crippen LogP contribution in [0.4, 0.5) is 10.1 Å². The van der Waals surface area contributed by atoms with E-state index in [2.05, 4.69) is 20.8 Å². The second kappa shape index (κ2) is 10.8. The van der Waals surface area contributed by atoms with Gasteiger partial charge in [0.1, 0.15) is 16.6 Å². The van der Waals surface area contributed by atoms with Crippen molar-refractivity contribution in [3.8, 4) is 0 Å². The van der Waals surface area contributed by atoms with Crippen molar-refractivity contribution in [1.82, 2.24) is 15.5 Å². The van der Waals surface area contributed by atoms with Gasteiger partial charge in [0.05, 0.1) is 11.3 Å². The zero-order valence-electron chi connectivity index (χ0n) is 18.2. The summed E-state index contributed by atoms with van der Waals surface area (Å²) < 4.78 is 18.5. The smallest absolute Gasteiger partial charge is 0.255 e. The molecule has 0 spiro atoms. The Bertz CT molecular complexity index is 1320. The molecule has 9 heteroatoms. The number of pyridine rings is 1. The van der Waals surface area contributed by atoms with E-state index in [-0.39, 0.29) is 18.0 Å². The van der Waals surface area contributed by atoms with Crippen LogP contribution in [0.25, 0.3) is 0 Å². The van der Waals surface area contributed by atoms with Crippen LogP contribution in [0.3, 0.4) is 0 Å². The number of rotatable bonds is 8. The van der Waals surface area contributed by atoms with Gasteiger partial charge in [0.15, 0.2) is 0 Å². The predicted molar refractivity (Wildman–Crippen MR) is 127 cm³/mol. The SMILES string of the molecule is Cc1cc(CSc2ncccc2C(=O)NCc2cccc(NC(=O)c3cccc(F)c3)c2)no1. The minimum Gasteiger partial charge on any atom is -0.361 e. The number of benzene rings is 2. The molecule has 0 aliphatic heterocycles. The standard InChI is InChI=1S/C25H21FN4O3S/c1-16-11-21(30-33-16)15-34-25-22(9-4-10-27-25)24(32)28-14-17-5-2-8-20(12-17)29-23(31)18-6-3-7-19(26)13-18/h2-13H,14-15H2,1H3,(H,28,32)(H,29,31). The number of hydrogen-bond acceptors (Lipinski definition) is 6. The lowest BCUT2D eigenvalue weighted by Crippen LogP contribution is -2.23. The van der Waals surface area contributed by atoms with Crippen LogP contribution < -0.4 is 10.6 Å². The molecule has 0 fully saturated rings. The van der Waals surface area contributed by atoms with Crippen LogP contribution in [0.15, 0.2) is 82.5 Å². The molecule has 0 atom stereocenters. The maximum atomic E-state index is 13.4. The van der Waals surface area contributed by atoms with Crippen molar-refractivity contribution < 1.29 is 18.5 Å². The summed E-state index contributed by atoms with van der Waals surface area (Å²) in [6, 6.07) is 17.8. The summed E-state index contributed by atoms with van der Waals surface area (Å²) >= 11 is 1.40. The molecule has 2 aromatic carbocycles. The van der Waals surface area contributed by atoms with Gasteiger partial charge >= 0.3 is 0 Å². The summed E-state index contributed by atoms with van der Waals surface area (Å²) in [6.45, 7) is 2.08. The van der Waals surface area contributed by atoms with E-state index in [0.29, 0.717) is 22.0 Å². The lowest BCUT2D eigenvalue weighted by atomic mass is 10.1. The van der Waals surface area contributed by atoms with Gasteiger partial charge in [0.2, 0.25) is 0 Å². The number of nitrogens with zero attached hydrogens (tertiary/aromatic N) is 2. The van der Waals surface area contributed by atoms with Crippen LogP contribution in [0.1, 0.15) is 37.7 Å². The van der Waals surface area contributed by atoms with Crippen molar-refractivity contribution in [3.63, 3.8) is 0 Å². The fourth-order valence-corrected chi connectivity index (χ4v) is 4.05. The Morgan fingerprint density at radius 2 is 1.88 bits per heavy atom. The number of nitrogens with one attached hydrogen (secondary N) is 2. The van der Waals surface area contributed by atoms with Gasteiger partial charge in [-0.2, -0.15) is 0 Å². The third kappa shape index (κ3) is 6.08. The van der Waals surface area contributed by atoms with E-state index in [1.54, 1.807) is 36.5 Å². The largest absolute Gasteiger partial charge is 0.361 e. The van der Waals surface area contributed by atoms with Crippen LogP contribution >= 0.6 is 11.8 Å². The number of amides is 2. The summed E-state index contributed by atoms with van der Waals surface area (Å²) in [6.07, 6.45) is 1.64. The zero-order chi connectivity index (χ0) is 23.9. The number of anilines is 1. The van der Waals surface area contributed by atoms with Gasteiger partial charge in [-0.05, 0) is 55.0 Å². The topological polar surface area (TPSA) is 97.1 Å². The van der Waals surface area contributed by atoms with Gasteiger partial charge in [0, 0.05) is 35.8 Å². The van der Waals surface area contributed by atoms with Crippen LogP contribution in [-0.4, -0.2) is 22.0 Å². The molecule has 4 aromatic rings. The molecule has 0 unspecified atom stereocenters. The average Bonchev–Trinajstić information content (AvgIpc) is 3.26. The van der Waals surface area contributed by atoms with E-state index >= 15 is 0 Å². The first-order valence-electron chi connectivity index (χ1n) is 10.4. The third-order valence-corrected chi connectivity index (χ3v) is 5.81. The first-order chi connectivity index (χ1) is 16.5. The number of hydrogen-bond donors (Lipinski definition) is 2. The first-order valence-corrected chi connectivity index (χ1v) is 11.4. The highest BCUT2D eigenvalue weighted by molar-refractivity contribution is 7.98. The number of carbonyl (C=O) groups excluding carboxylic acids is 2. The number of thioether (sulfide) groups is 1. The molecular formula is C25H21FN4O3S. The average molecular weight is 477 g/mol. The number of carbonyl (C=O) groups is 2. The van der Waals surface area contributed by atoms with Gasteiger partial charge in [-0.3, -0.25) is 9.59 Å². The molecule has 7 nitrogen and oxygen atoms in total. The van der Waals surface area contributed by atoms with Crippen LogP contribution in [-0.2, 0) is 12.3 Å². The van der Waals surface area contributed by atoms with E-state index in [4.69, 9.17) is 4.52 Å². The highest BCUT2D eigenvalue weighted by atomic mass is 32.2. The summed E-state index contributed by atoms with van der Waals surface area (Å²) in [4.78, 5) is 29.5. The molecule has 0 saturated carbocycles. The molecule has 2 N–H and O–H groups in total. The molecule has 0 bridgehead atoms. The number of aromatic nitrogens is 2. The van der Waals surface area contributed by atoms with Crippen molar-refractivity contribution >= 4 is 29.3 Å². The molecule has 34 heavy (non-hydrogen) atoms. The van der Waals surface area contributed by atoms with Crippen molar-refractivity contribution in [2.24, 2.45) is 0 Å². The monoisotopic (exact) mass is 476 g/mol. The zero-order valence-corrected chi connectivity index (χ0v) is 19.1. The maximum absolute atomic E-state index is 13.4. The van der Waals surface area contributed by atoms with Gasteiger partial charge < -0.3 is 15.2 Å². The van der Waals surface area contributed by atoms with Crippen LogP contribution in [0.2, 0.25) is 0 Å². The fourth-order valence-electron chi connectivity index (χ4n) is 3.18. The molecule has 2 aromatic heterocycles. The van der Waals surface area contributed by atoms with Gasteiger partial charge in [-0.1, -0.05) is 35.1 Å². The van der Waals surface area contributed by atoms with Crippen molar-refractivity contribution in [2.75, 3.05) is 5.32 Å². The minimum absolute atomic E-state index is 0.223. The van der Waals surface area contributed by atoms with Crippen molar-refractivity contribution in [1.29, 1.82) is 0 Å². The van der Waals surface area contributed by atoms with E-state index in [1.807, 2.05) is 19.1 Å². The summed E-state index contributed by atoms with van der Waals surface area (Å²) in [7, 11) is 0. The second-order valence-electron chi connectivity index (χ2n) is 7.42. The molecule has 2 amide bonds. The van der Waals surface area contributed by atoms with Crippen LogP contribution in [0, 0.1) is 12.7 Å². The first kappa shape index (κ1) is 23.2. The highest BCUT2D eigenvalue weighted by Crippen LogP contribution is 2.24. The molecule has 0 aliphatic rings. The lowest BCUT2D eigenvalue weighted by molar-refractivity contribution is 0.0946. The van der Waals surface area contributed by atoms with Gasteiger partial charge in [0.25, 0.3) is 11.8 Å². The summed E-state index contributed by atoms with van der Waals surface area (Å²) in [5, 5.41) is 10.2. The van der Waals surface area contributed by atoms with E-state index in [0.717, 1.165) is 17.0 Å². The molecule has 2 heterocycles. The minimum atomic E-state index is -0.479. The summed E-state index contributed by atoms with van der Waals surface area (Å²) in [5.41, 5.74) is 2.80. The Balaban J connectivity index is 1.37. The lowest BCUT2D eigenvalue weighted by Gasteiger charge is -2.10. The van der Waals surface area contributed by atoms with Crippen molar-refractivity contribution in [2.45, 2.75) is 24.2 Å². The molecule has 0 radical (unpaired) electrons. The molecule has 4 rings (SSSR count). The summed E-state index contributed by atoms with van der Waals surface area (Å²) in [5.74, 6) is 0.0973. The molecule has 0 aliphatic carbocycles. The maximum Gasteiger partial charge on any atom is 0.255 e. The van der Waals surface area contributed by atoms with E-state index in [9.17, 15) is 14.0 Å². The Morgan fingerprint density at radius 1 is 1.03 bits per heavy atom. The fraction of sp³-hybridized carbons (Fsp3) is 0.120. The molecular weight excluding hydrogens is 455 g/mol. The predicted octanol–water partition coefficient (Wildman–Crippen LogP) is 4.99. The van der Waals surface area contributed by atoms with Gasteiger partial charge in [-0.25, -0.2) is 9.37 Å². The Hall–Kier alpha value is -3.98. The molecule has 0 saturated heterocycles. The van der Waals surface area contributed by atoms with E-state index < -0.39 is 11.7 Å². The second-order valence-corrected chi connectivity index (χ2v) is 8.39. The number of halogens is 1. The quantitative estimate of drug-likeness (QED) is 0.348.